The van der Waals surface area contributed by atoms with Crippen molar-refractivity contribution in [2.24, 2.45) is 0 Å². The van der Waals surface area contributed by atoms with Gasteiger partial charge < -0.3 is 10.1 Å². The summed E-state index contributed by atoms with van der Waals surface area (Å²) in [4.78, 5) is 0. The Bertz CT molecular complexity index is 582. The van der Waals surface area contributed by atoms with Crippen molar-refractivity contribution in [3.8, 4) is 5.75 Å². The number of nitrogens with one attached hydrogen (secondary N) is 1. The van der Waals surface area contributed by atoms with Crippen molar-refractivity contribution in [3.63, 3.8) is 0 Å². The van der Waals surface area contributed by atoms with Gasteiger partial charge in [0.1, 0.15) is 12.4 Å². The van der Waals surface area contributed by atoms with Crippen LogP contribution in [0.5, 0.6) is 5.75 Å². The first kappa shape index (κ1) is 14.8. The molecule has 1 N–H and O–H groups in total. The normalized spacial score (nSPS) is 10.1. The molecule has 0 amide bonds. The third-order valence-corrected chi connectivity index (χ3v) is 3.25. The maximum Gasteiger partial charge on any atom is 0.119 e. The second kappa shape index (κ2) is 7.22. The maximum atomic E-state index is 6.10. The summed E-state index contributed by atoms with van der Waals surface area (Å²) < 4.78 is 5.43. The lowest BCUT2D eigenvalue weighted by atomic mass is 10.2. The minimum absolute atomic E-state index is 0.512. The fraction of sp³-hybridized carbons (Fsp3) is 0.125. The molecule has 0 heterocycles. The van der Waals surface area contributed by atoms with Crippen LogP contribution in [-0.4, -0.2) is 6.61 Å². The van der Waals surface area contributed by atoms with Crippen molar-refractivity contribution in [1.29, 1.82) is 0 Å². The molecule has 2 aromatic rings. The van der Waals surface area contributed by atoms with Crippen molar-refractivity contribution >= 4 is 28.9 Å². The van der Waals surface area contributed by atoms with Gasteiger partial charge >= 0.3 is 0 Å². The van der Waals surface area contributed by atoms with Gasteiger partial charge in [0.25, 0.3) is 0 Å². The van der Waals surface area contributed by atoms with Gasteiger partial charge in [-0.25, -0.2) is 0 Å². The monoisotopic (exact) mass is 307 g/mol. The molecule has 0 aromatic heterocycles. The first-order chi connectivity index (χ1) is 9.69. The fourth-order valence-corrected chi connectivity index (χ4v) is 2.16. The van der Waals surface area contributed by atoms with Gasteiger partial charge in [-0.05, 0) is 35.9 Å². The molecule has 4 heteroatoms. The number of hydrogen-bond acceptors (Lipinski definition) is 2. The van der Waals surface area contributed by atoms with Crippen LogP contribution in [-0.2, 0) is 6.54 Å². The summed E-state index contributed by atoms with van der Waals surface area (Å²) in [5.41, 5.74) is 2.00. The quantitative estimate of drug-likeness (QED) is 0.743. The highest BCUT2D eigenvalue weighted by Crippen LogP contribution is 2.25. The van der Waals surface area contributed by atoms with Crippen LogP contribution in [0.3, 0.4) is 0 Å². The van der Waals surface area contributed by atoms with Crippen LogP contribution >= 0.6 is 23.2 Å². The van der Waals surface area contributed by atoms with E-state index in [1.54, 1.807) is 12.1 Å². The molecule has 0 spiro atoms. The summed E-state index contributed by atoms with van der Waals surface area (Å²) in [6.07, 6.45) is 1.72. The number of halogens is 2. The van der Waals surface area contributed by atoms with Gasteiger partial charge in [0.15, 0.2) is 0 Å². The van der Waals surface area contributed by atoms with Crippen LogP contribution in [0.1, 0.15) is 5.56 Å². The van der Waals surface area contributed by atoms with Crippen LogP contribution in [0, 0.1) is 0 Å². The van der Waals surface area contributed by atoms with Crippen molar-refractivity contribution in [3.05, 3.63) is 70.7 Å². The average Bonchev–Trinajstić information content (AvgIpc) is 2.45. The van der Waals surface area contributed by atoms with E-state index in [0.29, 0.717) is 23.2 Å². The maximum absolute atomic E-state index is 6.10. The zero-order valence-corrected chi connectivity index (χ0v) is 12.4. The van der Waals surface area contributed by atoms with Crippen LogP contribution in [0.25, 0.3) is 0 Å². The zero-order valence-electron chi connectivity index (χ0n) is 10.9. The van der Waals surface area contributed by atoms with E-state index in [1.165, 1.54) is 0 Å². The van der Waals surface area contributed by atoms with E-state index >= 15 is 0 Å². The highest BCUT2D eigenvalue weighted by Gasteiger charge is 2.01. The van der Waals surface area contributed by atoms with E-state index < -0.39 is 0 Å². The van der Waals surface area contributed by atoms with Crippen LogP contribution in [0.15, 0.2) is 55.1 Å². The van der Waals surface area contributed by atoms with Gasteiger partial charge in [-0.15, -0.1) is 0 Å². The van der Waals surface area contributed by atoms with Crippen molar-refractivity contribution in [2.45, 2.75) is 6.54 Å². The summed E-state index contributed by atoms with van der Waals surface area (Å²) in [5, 5.41) is 4.51. The Balaban J connectivity index is 1.95. The summed E-state index contributed by atoms with van der Waals surface area (Å²) in [6.45, 7) is 4.81. The molecule has 0 aliphatic carbocycles. The zero-order chi connectivity index (χ0) is 14.4. The Kier molecular flexibility index (Phi) is 5.33. The average molecular weight is 308 g/mol. The highest BCUT2D eigenvalue weighted by atomic mass is 35.5. The van der Waals surface area contributed by atoms with Crippen LogP contribution in [0.2, 0.25) is 10.0 Å². The van der Waals surface area contributed by atoms with E-state index in [4.69, 9.17) is 27.9 Å². The Morgan fingerprint density at radius 2 is 1.85 bits per heavy atom. The number of hydrogen-bond donors (Lipinski definition) is 1. The lowest BCUT2D eigenvalue weighted by molar-refractivity contribution is 0.363. The molecule has 0 unspecified atom stereocenters. The van der Waals surface area contributed by atoms with Gasteiger partial charge in [-0.3, -0.25) is 0 Å². The number of rotatable bonds is 6. The Hall–Kier alpha value is -1.64. The molecule has 0 bridgehead atoms. The molecular weight excluding hydrogens is 293 g/mol. The minimum Gasteiger partial charge on any atom is -0.490 e. The van der Waals surface area contributed by atoms with E-state index in [9.17, 15) is 0 Å². The molecular formula is C16H15Cl2NO. The molecule has 0 aliphatic rings. The fourth-order valence-electron chi connectivity index (χ4n) is 1.69. The standard InChI is InChI=1S/C16H15Cl2NO/c1-2-9-20-14-6-3-12(4-7-14)11-19-16-8-5-13(17)10-15(16)18/h2-8,10,19H,1,9,11H2. The summed E-state index contributed by atoms with van der Waals surface area (Å²) in [5.74, 6) is 0.832. The topological polar surface area (TPSA) is 21.3 Å². The first-order valence-corrected chi connectivity index (χ1v) is 6.96. The predicted molar refractivity (Wildman–Crippen MR) is 85.9 cm³/mol. The third-order valence-electron chi connectivity index (χ3n) is 2.71. The van der Waals surface area contributed by atoms with Crippen LogP contribution in [0.4, 0.5) is 5.69 Å². The van der Waals surface area contributed by atoms with Gasteiger partial charge in [0.05, 0.1) is 10.7 Å². The minimum atomic E-state index is 0.512. The summed E-state index contributed by atoms with van der Waals surface area (Å²) in [6, 6.07) is 13.3. The largest absolute Gasteiger partial charge is 0.490 e. The predicted octanol–water partition coefficient (Wildman–Crippen LogP) is 5.17. The van der Waals surface area contributed by atoms with E-state index in [2.05, 4.69) is 11.9 Å². The van der Waals surface area contributed by atoms with Crippen molar-refractivity contribution in [1.82, 2.24) is 0 Å². The Morgan fingerprint density at radius 1 is 1.10 bits per heavy atom. The van der Waals surface area contributed by atoms with Gasteiger partial charge in [0.2, 0.25) is 0 Å². The molecule has 2 aromatic carbocycles. The molecule has 2 nitrogen and oxygen atoms in total. The molecule has 20 heavy (non-hydrogen) atoms. The second-order valence-electron chi connectivity index (χ2n) is 4.22. The van der Waals surface area contributed by atoms with E-state index in [-0.39, 0.29) is 0 Å². The Morgan fingerprint density at radius 3 is 2.50 bits per heavy atom. The van der Waals surface area contributed by atoms with E-state index in [0.717, 1.165) is 17.0 Å². The highest BCUT2D eigenvalue weighted by molar-refractivity contribution is 6.36. The SMILES string of the molecule is C=CCOc1ccc(CNc2ccc(Cl)cc2Cl)cc1. The molecule has 0 saturated carbocycles. The van der Waals surface area contributed by atoms with Crippen molar-refractivity contribution < 1.29 is 4.74 Å². The summed E-state index contributed by atoms with van der Waals surface area (Å²) >= 11 is 12.0. The second-order valence-corrected chi connectivity index (χ2v) is 5.06. The van der Waals surface area contributed by atoms with Gasteiger partial charge in [-0.2, -0.15) is 0 Å². The molecule has 0 fully saturated rings. The molecule has 2 rings (SSSR count). The summed E-state index contributed by atoms with van der Waals surface area (Å²) in [7, 11) is 0. The number of benzene rings is 2. The molecule has 0 aliphatic heterocycles. The molecule has 104 valence electrons. The van der Waals surface area contributed by atoms with Gasteiger partial charge in [-0.1, -0.05) is 48.0 Å². The Labute approximate surface area is 129 Å². The van der Waals surface area contributed by atoms with Gasteiger partial charge in [0, 0.05) is 11.6 Å². The van der Waals surface area contributed by atoms with E-state index in [1.807, 2.05) is 36.4 Å². The van der Waals surface area contributed by atoms with Crippen LogP contribution < -0.4 is 10.1 Å². The molecule has 0 saturated heterocycles. The number of anilines is 1. The molecule has 0 atom stereocenters. The third kappa shape index (κ3) is 4.19. The lowest BCUT2D eigenvalue weighted by Gasteiger charge is -2.09. The smallest absolute Gasteiger partial charge is 0.119 e. The van der Waals surface area contributed by atoms with Crippen molar-refractivity contribution in [2.75, 3.05) is 11.9 Å². The molecule has 0 radical (unpaired) electrons. The first-order valence-electron chi connectivity index (χ1n) is 6.20. The number of ether oxygens (including phenoxy) is 1. The lowest BCUT2D eigenvalue weighted by Crippen LogP contribution is -2.00.